The number of fused-ring (bicyclic) bond motifs is 1. The fourth-order valence-corrected chi connectivity index (χ4v) is 5.61. The van der Waals surface area contributed by atoms with Crippen molar-refractivity contribution in [2.75, 3.05) is 14.1 Å². The number of carbonyl (C=O) groups is 2. The lowest BCUT2D eigenvalue weighted by atomic mass is 10.1. The van der Waals surface area contributed by atoms with Crippen LogP contribution < -0.4 is 10.5 Å². The second-order valence-electron chi connectivity index (χ2n) is 8.73. The minimum Gasteiger partial charge on any atom is -0.478 e. The number of benzene rings is 2. The molecule has 0 aliphatic rings. The zero-order valence-electron chi connectivity index (χ0n) is 21.0. The van der Waals surface area contributed by atoms with Crippen LogP contribution in [0.3, 0.4) is 0 Å². The molecule has 0 saturated heterocycles. The SMILES string of the molecule is CC[C@@H](Cn1ccc2cc(C(=O)O)ccc21)NS(=O)(=O)c1c(C)cc(C)cc1C.CN(C)C(N)=O. The Hall–Kier alpha value is -3.37. The van der Waals surface area contributed by atoms with Gasteiger partial charge in [-0.25, -0.2) is 22.7 Å². The molecule has 0 bridgehead atoms. The fourth-order valence-electron chi connectivity index (χ4n) is 3.85. The zero-order valence-corrected chi connectivity index (χ0v) is 21.8. The van der Waals surface area contributed by atoms with Crippen LogP contribution in [0.15, 0.2) is 47.5 Å². The highest BCUT2D eigenvalue weighted by molar-refractivity contribution is 7.89. The van der Waals surface area contributed by atoms with Gasteiger partial charge in [-0.1, -0.05) is 24.6 Å². The molecule has 4 N–H and O–H groups in total. The summed E-state index contributed by atoms with van der Waals surface area (Å²) in [5.41, 5.74) is 8.32. The number of nitrogens with two attached hydrogens (primary N) is 1. The van der Waals surface area contributed by atoms with Crippen LogP contribution in [0.25, 0.3) is 10.9 Å². The van der Waals surface area contributed by atoms with Crippen molar-refractivity contribution in [3.8, 4) is 0 Å². The second-order valence-corrected chi connectivity index (χ2v) is 10.4. The van der Waals surface area contributed by atoms with Gasteiger partial charge in [0.25, 0.3) is 0 Å². The molecule has 0 fully saturated rings. The lowest BCUT2D eigenvalue weighted by molar-refractivity contribution is 0.0697. The van der Waals surface area contributed by atoms with Crippen LogP contribution in [0, 0.1) is 20.8 Å². The number of rotatable bonds is 7. The number of carboxylic acid groups (broad SMARTS) is 1. The second kappa shape index (κ2) is 11.4. The van der Waals surface area contributed by atoms with Gasteiger partial charge in [0.2, 0.25) is 10.0 Å². The number of aromatic carboxylic acids is 1. The molecule has 9 nitrogen and oxygen atoms in total. The first-order valence-electron chi connectivity index (χ1n) is 11.2. The van der Waals surface area contributed by atoms with E-state index in [1.807, 2.05) is 56.7 Å². The number of nitrogens with one attached hydrogen (secondary N) is 1. The summed E-state index contributed by atoms with van der Waals surface area (Å²) >= 11 is 0. The number of aromatic nitrogens is 1. The van der Waals surface area contributed by atoms with Crippen LogP contribution in [0.5, 0.6) is 0 Å². The maximum atomic E-state index is 13.1. The maximum Gasteiger partial charge on any atom is 0.335 e. The van der Waals surface area contributed by atoms with E-state index in [1.165, 1.54) is 4.90 Å². The Labute approximate surface area is 206 Å². The van der Waals surface area contributed by atoms with Crippen LogP contribution in [-0.4, -0.2) is 55.1 Å². The largest absolute Gasteiger partial charge is 0.478 e. The zero-order chi connectivity index (χ0) is 26.5. The number of carbonyl (C=O) groups excluding carboxylic acids is 1. The predicted molar refractivity (Wildman–Crippen MR) is 137 cm³/mol. The highest BCUT2D eigenvalue weighted by atomic mass is 32.2. The van der Waals surface area contributed by atoms with Gasteiger partial charge >= 0.3 is 12.0 Å². The standard InChI is InChI=1S/C22H26N2O4S.C3H8N2O/c1-5-19(23-29(27,28)21-15(3)10-14(2)11-16(21)4)13-24-9-8-17-12-18(22(25)26)6-7-20(17)24;1-5(2)3(4)6/h6-12,19,23H,5,13H2,1-4H3,(H,25,26);1-2H3,(H2,4,6)/t19-;/m0./s1. The molecule has 1 atom stereocenters. The van der Waals surface area contributed by atoms with Gasteiger partial charge in [0, 0.05) is 43.8 Å². The number of primary amides is 1. The maximum absolute atomic E-state index is 13.1. The summed E-state index contributed by atoms with van der Waals surface area (Å²) in [6.07, 6.45) is 2.48. The molecule has 2 amide bonds. The van der Waals surface area contributed by atoms with Crippen molar-refractivity contribution in [1.29, 1.82) is 0 Å². The highest BCUT2D eigenvalue weighted by Crippen LogP contribution is 2.23. The number of sulfonamides is 1. The van der Waals surface area contributed by atoms with Crippen LogP contribution in [0.1, 0.15) is 40.4 Å². The average Bonchev–Trinajstić information content (AvgIpc) is 3.14. The van der Waals surface area contributed by atoms with E-state index in [9.17, 15) is 18.0 Å². The molecule has 0 aliphatic heterocycles. The summed E-state index contributed by atoms with van der Waals surface area (Å²) < 4.78 is 31.0. The summed E-state index contributed by atoms with van der Waals surface area (Å²) in [5.74, 6) is -0.970. The van der Waals surface area contributed by atoms with E-state index in [2.05, 4.69) is 4.72 Å². The number of hydrogen-bond acceptors (Lipinski definition) is 4. The molecule has 3 aromatic rings. The summed E-state index contributed by atoms with van der Waals surface area (Å²) in [4.78, 5) is 22.7. The van der Waals surface area contributed by atoms with E-state index in [4.69, 9.17) is 10.8 Å². The summed E-state index contributed by atoms with van der Waals surface area (Å²) in [6.45, 7) is 7.97. The van der Waals surface area contributed by atoms with Crippen molar-refractivity contribution in [3.05, 3.63) is 64.8 Å². The van der Waals surface area contributed by atoms with Gasteiger partial charge < -0.3 is 20.3 Å². The molecule has 3 rings (SSSR count). The molecule has 0 saturated carbocycles. The van der Waals surface area contributed by atoms with E-state index < -0.39 is 22.0 Å². The van der Waals surface area contributed by atoms with Crippen molar-refractivity contribution in [3.63, 3.8) is 0 Å². The minimum atomic E-state index is -3.67. The Bertz CT molecular complexity index is 1310. The lowest BCUT2D eigenvalue weighted by Crippen LogP contribution is -2.38. The molecule has 0 spiro atoms. The van der Waals surface area contributed by atoms with Crippen molar-refractivity contribution >= 4 is 32.9 Å². The molecule has 1 heterocycles. The van der Waals surface area contributed by atoms with Gasteiger partial charge in [-0.05, 0) is 62.6 Å². The average molecular weight is 503 g/mol. The first-order chi connectivity index (χ1) is 16.3. The predicted octanol–water partition coefficient (Wildman–Crippen LogP) is 3.65. The Morgan fingerprint density at radius 2 is 1.66 bits per heavy atom. The number of urea groups is 1. The molecular weight excluding hydrogens is 468 g/mol. The molecule has 2 aromatic carbocycles. The Kier molecular flexibility index (Phi) is 9.06. The van der Waals surface area contributed by atoms with Crippen molar-refractivity contribution in [2.45, 2.75) is 51.6 Å². The third-order valence-electron chi connectivity index (χ3n) is 5.56. The summed E-state index contributed by atoms with van der Waals surface area (Å²) in [5, 5.41) is 9.96. The minimum absolute atomic E-state index is 0.230. The number of carboxylic acids is 1. The molecule has 0 radical (unpaired) electrons. The molecule has 1 aromatic heterocycles. The number of nitrogens with zero attached hydrogens (tertiary/aromatic N) is 2. The smallest absolute Gasteiger partial charge is 0.335 e. The first-order valence-corrected chi connectivity index (χ1v) is 12.6. The third kappa shape index (κ3) is 7.06. The molecule has 0 aliphatic carbocycles. The van der Waals surface area contributed by atoms with Crippen molar-refractivity contribution in [2.24, 2.45) is 5.73 Å². The van der Waals surface area contributed by atoms with E-state index in [1.54, 1.807) is 32.3 Å². The Morgan fingerprint density at radius 3 is 2.14 bits per heavy atom. The van der Waals surface area contributed by atoms with E-state index in [0.29, 0.717) is 17.9 Å². The van der Waals surface area contributed by atoms with Gasteiger partial charge in [0.1, 0.15) is 0 Å². The van der Waals surface area contributed by atoms with Gasteiger partial charge in [-0.2, -0.15) is 0 Å². The Morgan fingerprint density at radius 1 is 1.09 bits per heavy atom. The quantitative estimate of drug-likeness (QED) is 0.453. The van der Waals surface area contributed by atoms with Gasteiger partial charge in [0.15, 0.2) is 0 Å². The number of aryl methyl sites for hydroxylation is 3. The molecule has 0 unspecified atom stereocenters. The lowest BCUT2D eigenvalue weighted by Gasteiger charge is -2.20. The van der Waals surface area contributed by atoms with Crippen LogP contribution >= 0.6 is 0 Å². The van der Waals surface area contributed by atoms with E-state index >= 15 is 0 Å². The van der Waals surface area contributed by atoms with E-state index in [0.717, 1.165) is 27.6 Å². The van der Waals surface area contributed by atoms with Gasteiger partial charge in [-0.15, -0.1) is 0 Å². The fraction of sp³-hybridized carbons (Fsp3) is 0.360. The topological polar surface area (TPSA) is 135 Å². The van der Waals surface area contributed by atoms with Gasteiger partial charge in [0.05, 0.1) is 10.5 Å². The third-order valence-corrected chi connectivity index (χ3v) is 7.39. The highest BCUT2D eigenvalue weighted by Gasteiger charge is 2.23. The van der Waals surface area contributed by atoms with Crippen LogP contribution in [0.2, 0.25) is 0 Å². The van der Waals surface area contributed by atoms with E-state index in [-0.39, 0.29) is 11.6 Å². The van der Waals surface area contributed by atoms with Crippen LogP contribution in [0.4, 0.5) is 4.79 Å². The molecular formula is C25H34N4O5S. The first kappa shape index (κ1) is 27.9. The van der Waals surface area contributed by atoms with Crippen molar-refractivity contribution in [1.82, 2.24) is 14.2 Å². The summed E-state index contributed by atoms with van der Waals surface area (Å²) in [6, 6.07) is 9.84. The van der Waals surface area contributed by atoms with Crippen LogP contribution in [-0.2, 0) is 16.6 Å². The molecule has 10 heteroatoms. The normalized spacial score (nSPS) is 12.1. The molecule has 190 valence electrons. The summed E-state index contributed by atoms with van der Waals surface area (Å²) in [7, 11) is -0.466. The van der Waals surface area contributed by atoms with Crippen molar-refractivity contribution < 1.29 is 23.1 Å². The monoisotopic (exact) mass is 502 g/mol. The number of hydrogen-bond donors (Lipinski definition) is 3. The number of amides is 2. The van der Waals surface area contributed by atoms with Gasteiger partial charge in [-0.3, -0.25) is 0 Å². The Balaban J connectivity index is 0.000000641. The molecule has 35 heavy (non-hydrogen) atoms.